The molecule has 2 rings (SSSR count). The Morgan fingerprint density at radius 3 is 2.35 bits per heavy atom. The molecule has 122 valence electrons. The van der Waals surface area contributed by atoms with Crippen molar-refractivity contribution in [2.45, 2.75) is 6.54 Å². The van der Waals surface area contributed by atoms with Crippen molar-refractivity contribution in [3.63, 3.8) is 0 Å². The van der Waals surface area contributed by atoms with E-state index in [1.807, 2.05) is 0 Å². The van der Waals surface area contributed by atoms with E-state index in [9.17, 15) is 9.18 Å². The molecule has 0 bridgehead atoms. The van der Waals surface area contributed by atoms with Crippen molar-refractivity contribution in [1.82, 2.24) is 4.90 Å². The molecule has 0 aliphatic rings. The Morgan fingerprint density at radius 2 is 1.78 bits per heavy atom. The van der Waals surface area contributed by atoms with Gasteiger partial charge in [0.1, 0.15) is 17.3 Å². The van der Waals surface area contributed by atoms with Crippen molar-refractivity contribution in [3.8, 4) is 11.5 Å². The monoisotopic (exact) mass is 318 g/mol. The third-order valence-corrected chi connectivity index (χ3v) is 3.26. The highest BCUT2D eigenvalue weighted by atomic mass is 19.1. The van der Waals surface area contributed by atoms with Gasteiger partial charge in [-0.1, -0.05) is 12.1 Å². The number of halogens is 1. The first-order valence-electron chi connectivity index (χ1n) is 7.01. The molecule has 5 nitrogen and oxygen atoms in total. The van der Waals surface area contributed by atoms with Crippen molar-refractivity contribution in [2.24, 2.45) is 0 Å². The summed E-state index contributed by atoms with van der Waals surface area (Å²) in [6.07, 6.45) is 0. The first-order valence-corrected chi connectivity index (χ1v) is 7.01. The second kappa shape index (κ2) is 7.49. The van der Waals surface area contributed by atoms with Gasteiger partial charge in [0, 0.05) is 37.5 Å². The van der Waals surface area contributed by atoms with Crippen LogP contribution in [0.2, 0.25) is 0 Å². The topological polar surface area (TPSA) is 50.8 Å². The van der Waals surface area contributed by atoms with Crippen LogP contribution in [0.3, 0.4) is 0 Å². The van der Waals surface area contributed by atoms with Crippen molar-refractivity contribution < 1.29 is 18.7 Å². The molecule has 0 saturated carbocycles. The Hall–Kier alpha value is -2.76. The summed E-state index contributed by atoms with van der Waals surface area (Å²) in [6, 6.07) is 10.9. The average Bonchev–Trinajstić information content (AvgIpc) is 2.54. The first-order chi connectivity index (χ1) is 11.0. The second-order valence-corrected chi connectivity index (χ2v) is 5.02. The van der Waals surface area contributed by atoms with Crippen LogP contribution in [0.15, 0.2) is 42.5 Å². The lowest BCUT2D eigenvalue weighted by Gasteiger charge is -2.18. The highest BCUT2D eigenvalue weighted by Crippen LogP contribution is 2.26. The largest absolute Gasteiger partial charge is 0.497 e. The van der Waals surface area contributed by atoms with Crippen molar-refractivity contribution in [2.75, 3.05) is 26.6 Å². The zero-order chi connectivity index (χ0) is 16.8. The molecule has 2 aromatic carbocycles. The van der Waals surface area contributed by atoms with Gasteiger partial charge in [0.15, 0.2) is 0 Å². The minimum atomic E-state index is -0.325. The number of urea groups is 1. The van der Waals surface area contributed by atoms with Crippen LogP contribution in [0, 0.1) is 5.82 Å². The summed E-state index contributed by atoms with van der Waals surface area (Å²) in [6.45, 7) is 0.296. The summed E-state index contributed by atoms with van der Waals surface area (Å²) in [4.78, 5) is 13.7. The summed E-state index contributed by atoms with van der Waals surface area (Å²) >= 11 is 0. The molecule has 0 aliphatic carbocycles. The zero-order valence-electron chi connectivity index (χ0n) is 13.3. The maximum atomic E-state index is 13.2. The molecule has 0 aromatic heterocycles. The van der Waals surface area contributed by atoms with Gasteiger partial charge in [0.25, 0.3) is 0 Å². The van der Waals surface area contributed by atoms with Crippen LogP contribution in [0.1, 0.15) is 5.56 Å². The third-order valence-electron chi connectivity index (χ3n) is 3.26. The summed E-state index contributed by atoms with van der Waals surface area (Å²) in [7, 11) is 4.71. The molecular formula is C17H19FN2O3. The minimum Gasteiger partial charge on any atom is -0.497 e. The Balaban J connectivity index is 2.06. The van der Waals surface area contributed by atoms with Gasteiger partial charge in [-0.2, -0.15) is 0 Å². The highest BCUT2D eigenvalue weighted by Gasteiger charge is 2.11. The Bertz CT molecular complexity index is 669. The molecule has 0 spiro atoms. The van der Waals surface area contributed by atoms with E-state index in [2.05, 4.69) is 5.32 Å². The van der Waals surface area contributed by atoms with Gasteiger partial charge in [-0.05, 0) is 17.7 Å². The molecule has 0 heterocycles. The normalized spacial score (nSPS) is 10.1. The number of carbonyl (C=O) groups excluding carboxylic acids is 1. The molecule has 1 N–H and O–H groups in total. The molecular weight excluding hydrogens is 299 g/mol. The molecule has 0 unspecified atom stereocenters. The fourth-order valence-electron chi connectivity index (χ4n) is 2.08. The number of nitrogens with one attached hydrogen (secondary N) is 1. The van der Waals surface area contributed by atoms with Gasteiger partial charge >= 0.3 is 6.03 Å². The summed E-state index contributed by atoms with van der Waals surface area (Å²) in [5, 5.41) is 2.76. The quantitative estimate of drug-likeness (QED) is 0.918. The van der Waals surface area contributed by atoms with E-state index < -0.39 is 0 Å². The van der Waals surface area contributed by atoms with Gasteiger partial charge in [-0.25, -0.2) is 9.18 Å². The molecule has 0 atom stereocenters. The molecule has 2 amide bonds. The summed E-state index contributed by atoms with van der Waals surface area (Å²) in [5.74, 6) is 0.828. The van der Waals surface area contributed by atoms with E-state index in [4.69, 9.17) is 9.47 Å². The van der Waals surface area contributed by atoms with Crippen LogP contribution >= 0.6 is 0 Å². The lowest BCUT2D eigenvalue weighted by atomic mass is 10.2. The third kappa shape index (κ3) is 4.60. The number of methoxy groups -OCH3 is 2. The number of rotatable bonds is 5. The van der Waals surface area contributed by atoms with Gasteiger partial charge in [0.05, 0.1) is 14.2 Å². The number of nitrogens with zero attached hydrogens (tertiary/aromatic N) is 1. The van der Waals surface area contributed by atoms with Crippen LogP contribution in [0.25, 0.3) is 0 Å². The van der Waals surface area contributed by atoms with E-state index in [1.54, 1.807) is 37.4 Å². The predicted molar refractivity (Wildman–Crippen MR) is 86.4 cm³/mol. The number of hydrogen-bond acceptors (Lipinski definition) is 3. The van der Waals surface area contributed by atoms with Crippen LogP contribution in [-0.2, 0) is 6.54 Å². The average molecular weight is 318 g/mol. The fourth-order valence-corrected chi connectivity index (χ4v) is 2.08. The van der Waals surface area contributed by atoms with Crippen molar-refractivity contribution in [3.05, 3.63) is 53.8 Å². The number of amides is 2. The van der Waals surface area contributed by atoms with Crippen LogP contribution < -0.4 is 14.8 Å². The van der Waals surface area contributed by atoms with E-state index in [0.29, 0.717) is 29.3 Å². The molecule has 0 fully saturated rings. The summed E-state index contributed by atoms with van der Waals surface area (Å²) < 4.78 is 23.5. The smallest absolute Gasteiger partial charge is 0.321 e. The maximum Gasteiger partial charge on any atom is 0.321 e. The SMILES string of the molecule is COc1cc(NC(=O)N(C)Cc2cccc(F)c2)cc(OC)c1. The number of ether oxygens (including phenoxy) is 2. The van der Waals surface area contributed by atoms with E-state index in [-0.39, 0.29) is 11.8 Å². The lowest BCUT2D eigenvalue weighted by Crippen LogP contribution is -2.30. The van der Waals surface area contributed by atoms with Crippen LogP contribution in [-0.4, -0.2) is 32.2 Å². The number of hydrogen-bond donors (Lipinski definition) is 1. The van der Waals surface area contributed by atoms with Gasteiger partial charge < -0.3 is 19.7 Å². The van der Waals surface area contributed by atoms with Gasteiger partial charge in [0.2, 0.25) is 0 Å². The molecule has 23 heavy (non-hydrogen) atoms. The number of carbonyl (C=O) groups is 1. The maximum absolute atomic E-state index is 13.2. The van der Waals surface area contributed by atoms with Gasteiger partial charge in [-0.3, -0.25) is 0 Å². The molecule has 0 saturated heterocycles. The number of anilines is 1. The standard InChI is InChI=1S/C17H19FN2O3/c1-20(11-12-5-4-6-13(18)7-12)17(21)19-14-8-15(22-2)10-16(9-14)23-3/h4-10H,11H2,1-3H3,(H,19,21). The molecule has 0 aliphatic heterocycles. The second-order valence-electron chi connectivity index (χ2n) is 5.02. The van der Waals surface area contributed by atoms with Crippen molar-refractivity contribution in [1.29, 1.82) is 0 Å². The minimum absolute atomic E-state index is 0.296. The first kappa shape index (κ1) is 16.6. The van der Waals surface area contributed by atoms with Crippen LogP contribution in [0.5, 0.6) is 11.5 Å². The molecule has 2 aromatic rings. The number of benzene rings is 2. The lowest BCUT2D eigenvalue weighted by molar-refractivity contribution is 0.220. The van der Waals surface area contributed by atoms with Crippen LogP contribution in [0.4, 0.5) is 14.9 Å². The Morgan fingerprint density at radius 1 is 1.13 bits per heavy atom. The molecule has 6 heteroatoms. The highest BCUT2D eigenvalue weighted by molar-refractivity contribution is 5.89. The van der Waals surface area contributed by atoms with E-state index in [0.717, 1.165) is 0 Å². The van der Waals surface area contributed by atoms with E-state index >= 15 is 0 Å². The van der Waals surface area contributed by atoms with E-state index in [1.165, 1.54) is 31.3 Å². The zero-order valence-corrected chi connectivity index (χ0v) is 13.3. The summed E-state index contributed by atoms with van der Waals surface area (Å²) in [5.41, 5.74) is 1.27. The Labute approximate surface area is 134 Å². The predicted octanol–water partition coefficient (Wildman–Crippen LogP) is 3.51. The van der Waals surface area contributed by atoms with Crippen molar-refractivity contribution >= 4 is 11.7 Å². The fraction of sp³-hybridized carbons (Fsp3) is 0.235. The van der Waals surface area contributed by atoms with Gasteiger partial charge in [-0.15, -0.1) is 0 Å². The molecule has 0 radical (unpaired) electrons. The Kier molecular flexibility index (Phi) is 5.41.